The third-order valence-corrected chi connectivity index (χ3v) is 3.25. The summed E-state index contributed by atoms with van der Waals surface area (Å²) in [6.07, 6.45) is 7.66. The molecule has 1 amide bonds. The molecule has 0 saturated carbocycles. The molecule has 1 aromatic rings. The van der Waals surface area contributed by atoms with E-state index in [1.165, 1.54) is 6.08 Å². The Kier molecular flexibility index (Phi) is 5.96. The van der Waals surface area contributed by atoms with E-state index in [0.717, 1.165) is 5.56 Å². The Labute approximate surface area is 135 Å². The van der Waals surface area contributed by atoms with Gasteiger partial charge in [0.2, 0.25) is 5.91 Å². The van der Waals surface area contributed by atoms with Crippen molar-refractivity contribution in [1.82, 2.24) is 16.0 Å². The van der Waals surface area contributed by atoms with Crippen LogP contribution in [0.5, 0.6) is 5.75 Å². The van der Waals surface area contributed by atoms with Crippen LogP contribution in [0.25, 0.3) is 6.08 Å². The van der Waals surface area contributed by atoms with Crippen molar-refractivity contribution in [1.29, 1.82) is 0 Å². The SMILES string of the molecule is CC1NC=C(C=CCNC(=O)C=Cc2ccc(O)cc2)C(O)N1. The molecule has 0 spiro atoms. The summed E-state index contributed by atoms with van der Waals surface area (Å²) in [7, 11) is 0. The molecule has 2 rings (SSSR count). The lowest BCUT2D eigenvalue weighted by molar-refractivity contribution is -0.116. The highest BCUT2D eigenvalue weighted by atomic mass is 16.3. The molecule has 2 unspecified atom stereocenters. The van der Waals surface area contributed by atoms with Crippen molar-refractivity contribution in [2.45, 2.75) is 19.3 Å². The van der Waals surface area contributed by atoms with E-state index in [2.05, 4.69) is 16.0 Å². The van der Waals surface area contributed by atoms with Crippen molar-refractivity contribution in [3.63, 3.8) is 0 Å². The van der Waals surface area contributed by atoms with Crippen molar-refractivity contribution in [2.75, 3.05) is 6.54 Å². The largest absolute Gasteiger partial charge is 0.508 e. The summed E-state index contributed by atoms with van der Waals surface area (Å²) in [6.45, 7) is 2.26. The van der Waals surface area contributed by atoms with Crippen molar-refractivity contribution in [2.24, 2.45) is 0 Å². The monoisotopic (exact) mass is 315 g/mol. The van der Waals surface area contributed by atoms with Crippen molar-refractivity contribution in [3.8, 4) is 5.75 Å². The second kappa shape index (κ2) is 8.17. The molecule has 6 nitrogen and oxygen atoms in total. The zero-order valence-corrected chi connectivity index (χ0v) is 12.9. The zero-order valence-electron chi connectivity index (χ0n) is 12.9. The molecule has 0 bridgehead atoms. The first-order chi connectivity index (χ1) is 11.0. The highest BCUT2D eigenvalue weighted by Crippen LogP contribution is 2.10. The van der Waals surface area contributed by atoms with E-state index in [-0.39, 0.29) is 17.8 Å². The minimum Gasteiger partial charge on any atom is -0.508 e. The summed E-state index contributed by atoms with van der Waals surface area (Å²) in [5.74, 6) is -0.0277. The zero-order chi connectivity index (χ0) is 16.7. The van der Waals surface area contributed by atoms with Crippen molar-refractivity contribution < 1.29 is 15.0 Å². The van der Waals surface area contributed by atoms with E-state index in [1.807, 2.05) is 6.92 Å². The van der Waals surface area contributed by atoms with Crippen LogP contribution in [0.1, 0.15) is 12.5 Å². The molecular weight excluding hydrogens is 294 g/mol. The van der Waals surface area contributed by atoms with Crippen molar-refractivity contribution in [3.05, 3.63) is 59.8 Å². The average Bonchev–Trinajstić information content (AvgIpc) is 2.52. The quantitative estimate of drug-likeness (QED) is 0.519. The molecule has 0 fully saturated rings. The number of rotatable bonds is 5. The van der Waals surface area contributed by atoms with Crippen LogP contribution in [0.4, 0.5) is 0 Å². The number of nitrogens with one attached hydrogen (secondary N) is 3. The molecule has 0 saturated heterocycles. The maximum atomic E-state index is 11.7. The van der Waals surface area contributed by atoms with E-state index < -0.39 is 6.23 Å². The molecule has 5 N–H and O–H groups in total. The van der Waals surface area contributed by atoms with Crippen LogP contribution < -0.4 is 16.0 Å². The summed E-state index contributed by atoms with van der Waals surface area (Å²) in [5, 5.41) is 27.7. The van der Waals surface area contributed by atoms with E-state index in [1.54, 1.807) is 48.7 Å². The number of carbonyl (C=O) groups is 1. The van der Waals surface area contributed by atoms with Gasteiger partial charge in [-0.2, -0.15) is 0 Å². The summed E-state index contributed by atoms with van der Waals surface area (Å²) < 4.78 is 0. The minimum absolute atomic E-state index is 0.0203. The second-order valence-electron chi connectivity index (χ2n) is 5.17. The topological polar surface area (TPSA) is 93.6 Å². The van der Waals surface area contributed by atoms with Gasteiger partial charge in [-0.25, -0.2) is 0 Å². The predicted molar refractivity (Wildman–Crippen MR) is 89.1 cm³/mol. The van der Waals surface area contributed by atoms with Gasteiger partial charge < -0.3 is 20.8 Å². The summed E-state index contributed by atoms with van der Waals surface area (Å²) >= 11 is 0. The Bertz CT molecular complexity index is 620. The van der Waals surface area contributed by atoms with E-state index in [9.17, 15) is 15.0 Å². The highest BCUT2D eigenvalue weighted by molar-refractivity contribution is 5.91. The van der Waals surface area contributed by atoms with E-state index in [4.69, 9.17) is 0 Å². The summed E-state index contributed by atoms with van der Waals surface area (Å²) in [4.78, 5) is 11.7. The number of hydrogen-bond acceptors (Lipinski definition) is 5. The lowest BCUT2D eigenvalue weighted by Gasteiger charge is -2.25. The van der Waals surface area contributed by atoms with Gasteiger partial charge in [0.05, 0.1) is 6.17 Å². The number of aliphatic hydroxyl groups is 1. The lowest BCUT2D eigenvalue weighted by atomic mass is 10.2. The number of phenolic OH excluding ortho intramolecular Hbond substituents is 1. The molecule has 0 radical (unpaired) electrons. The number of amides is 1. The fourth-order valence-corrected chi connectivity index (χ4v) is 1.99. The van der Waals surface area contributed by atoms with Crippen molar-refractivity contribution >= 4 is 12.0 Å². The van der Waals surface area contributed by atoms with E-state index in [0.29, 0.717) is 12.1 Å². The third-order valence-electron chi connectivity index (χ3n) is 3.25. The Balaban J connectivity index is 1.76. The summed E-state index contributed by atoms with van der Waals surface area (Å²) in [5.41, 5.74) is 1.53. The van der Waals surface area contributed by atoms with Crippen LogP contribution in [0, 0.1) is 0 Å². The van der Waals surface area contributed by atoms with Gasteiger partial charge in [0.1, 0.15) is 12.0 Å². The van der Waals surface area contributed by atoms with Crippen LogP contribution in [0.15, 0.2) is 54.3 Å². The van der Waals surface area contributed by atoms with Gasteiger partial charge in [0.15, 0.2) is 0 Å². The first-order valence-electron chi connectivity index (χ1n) is 7.36. The Hall–Kier alpha value is -2.57. The van der Waals surface area contributed by atoms with Crippen LogP contribution in [0.2, 0.25) is 0 Å². The van der Waals surface area contributed by atoms with E-state index >= 15 is 0 Å². The predicted octanol–water partition coefficient (Wildman–Crippen LogP) is 0.819. The molecule has 23 heavy (non-hydrogen) atoms. The minimum atomic E-state index is -0.715. The van der Waals surface area contributed by atoms with Gasteiger partial charge >= 0.3 is 0 Å². The van der Waals surface area contributed by atoms with Crippen LogP contribution >= 0.6 is 0 Å². The van der Waals surface area contributed by atoms with Gasteiger partial charge in [0.25, 0.3) is 0 Å². The molecule has 1 aliphatic rings. The van der Waals surface area contributed by atoms with Crippen LogP contribution in [-0.2, 0) is 4.79 Å². The van der Waals surface area contributed by atoms with Gasteiger partial charge in [-0.05, 0) is 30.7 Å². The number of carbonyl (C=O) groups excluding carboxylic acids is 1. The molecule has 2 atom stereocenters. The molecule has 0 aliphatic carbocycles. The molecular formula is C17H21N3O3. The van der Waals surface area contributed by atoms with Crippen LogP contribution in [-0.4, -0.2) is 35.1 Å². The number of aromatic hydroxyl groups is 1. The second-order valence-corrected chi connectivity index (χ2v) is 5.17. The van der Waals surface area contributed by atoms with Gasteiger partial charge in [-0.3, -0.25) is 10.1 Å². The highest BCUT2D eigenvalue weighted by Gasteiger charge is 2.15. The van der Waals surface area contributed by atoms with Gasteiger partial charge in [0, 0.05) is 24.4 Å². The Morgan fingerprint density at radius 1 is 1.30 bits per heavy atom. The first-order valence-corrected chi connectivity index (χ1v) is 7.36. The molecule has 1 aromatic carbocycles. The van der Waals surface area contributed by atoms with Gasteiger partial charge in [-0.1, -0.05) is 24.3 Å². The molecule has 6 heteroatoms. The molecule has 122 valence electrons. The molecule has 1 heterocycles. The molecule has 1 aliphatic heterocycles. The normalized spacial score (nSPS) is 21.2. The fraction of sp³-hybridized carbons (Fsp3) is 0.235. The fourth-order valence-electron chi connectivity index (χ4n) is 1.99. The van der Waals surface area contributed by atoms with Crippen LogP contribution in [0.3, 0.4) is 0 Å². The molecule has 0 aromatic heterocycles. The number of hydrogen-bond donors (Lipinski definition) is 5. The maximum absolute atomic E-state index is 11.7. The number of aliphatic hydroxyl groups excluding tert-OH is 1. The number of benzene rings is 1. The third kappa shape index (κ3) is 5.61. The average molecular weight is 315 g/mol. The Morgan fingerprint density at radius 3 is 2.74 bits per heavy atom. The first kappa shape index (κ1) is 16.8. The smallest absolute Gasteiger partial charge is 0.244 e. The maximum Gasteiger partial charge on any atom is 0.244 e. The lowest BCUT2D eigenvalue weighted by Crippen LogP contribution is -2.48. The van der Waals surface area contributed by atoms with Gasteiger partial charge in [-0.15, -0.1) is 0 Å². The Morgan fingerprint density at radius 2 is 2.04 bits per heavy atom. The summed E-state index contributed by atoms with van der Waals surface area (Å²) in [6, 6.07) is 6.56. The standard InChI is InChI=1S/C17H21N3O3/c1-12-19-11-14(17(23)20-12)3-2-10-18-16(22)9-6-13-4-7-15(21)8-5-13/h2-9,11-12,17,19-21,23H,10H2,1H3,(H,18,22). The number of phenols is 1.